The second kappa shape index (κ2) is 4.24. The van der Waals surface area contributed by atoms with Crippen molar-refractivity contribution in [1.29, 1.82) is 0 Å². The number of alkyl halides is 3. The van der Waals surface area contributed by atoms with Gasteiger partial charge in [0.15, 0.2) is 6.10 Å². The minimum atomic E-state index is -4.33. The average molecular weight is 210 g/mol. The smallest absolute Gasteiger partial charge is 0.425 e. The first-order valence-corrected chi connectivity index (χ1v) is 4.54. The van der Waals surface area contributed by atoms with Crippen molar-refractivity contribution >= 4 is 0 Å². The second-order valence-electron chi connectivity index (χ2n) is 3.96. The Morgan fingerprint density at radius 1 is 1.36 bits per heavy atom. The van der Waals surface area contributed by atoms with E-state index >= 15 is 0 Å². The highest BCUT2D eigenvalue weighted by Gasteiger charge is 2.39. The Balaban J connectivity index is 4.35. The van der Waals surface area contributed by atoms with Gasteiger partial charge in [0.05, 0.1) is 5.76 Å². The van der Waals surface area contributed by atoms with Crippen LogP contribution >= 0.6 is 0 Å². The molecule has 0 saturated heterocycles. The summed E-state index contributed by atoms with van der Waals surface area (Å²) in [6.07, 6.45) is -5.43. The van der Waals surface area contributed by atoms with Gasteiger partial charge in [-0.25, -0.2) is 0 Å². The number of rotatable bonds is 4. The van der Waals surface area contributed by atoms with E-state index in [4.69, 9.17) is 4.74 Å². The maximum atomic E-state index is 12.1. The Morgan fingerprint density at radius 3 is 2.07 bits per heavy atom. The van der Waals surface area contributed by atoms with Crippen molar-refractivity contribution in [2.24, 2.45) is 5.41 Å². The highest BCUT2D eigenvalue weighted by Crippen LogP contribution is 2.33. The summed E-state index contributed by atoms with van der Waals surface area (Å²) in [5, 5.41) is 0. The molecule has 1 unspecified atom stereocenters. The van der Waals surface area contributed by atoms with Gasteiger partial charge in [-0.2, -0.15) is 13.2 Å². The molecule has 0 bridgehead atoms. The zero-order valence-electron chi connectivity index (χ0n) is 9.03. The van der Waals surface area contributed by atoms with Gasteiger partial charge in [-0.3, -0.25) is 0 Å². The van der Waals surface area contributed by atoms with Crippen molar-refractivity contribution < 1.29 is 17.9 Å². The molecule has 1 atom stereocenters. The molecule has 1 nitrogen and oxygen atoms in total. The van der Waals surface area contributed by atoms with E-state index in [1.807, 2.05) is 6.92 Å². The molecule has 0 aliphatic heterocycles. The summed E-state index contributed by atoms with van der Waals surface area (Å²) in [6.45, 7) is 10.0. The summed E-state index contributed by atoms with van der Waals surface area (Å²) >= 11 is 0. The van der Waals surface area contributed by atoms with Gasteiger partial charge in [-0.05, 0) is 13.3 Å². The van der Waals surface area contributed by atoms with Crippen LogP contribution in [0, 0.1) is 5.41 Å². The summed E-state index contributed by atoms with van der Waals surface area (Å²) in [5.74, 6) is 0.185. The molecular weight excluding hydrogens is 193 g/mol. The second-order valence-corrected chi connectivity index (χ2v) is 3.96. The molecule has 84 valence electrons. The van der Waals surface area contributed by atoms with Crippen LogP contribution in [-0.2, 0) is 4.74 Å². The van der Waals surface area contributed by atoms with E-state index in [1.54, 1.807) is 13.8 Å². The Hall–Kier alpha value is -0.670. The van der Waals surface area contributed by atoms with E-state index in [0.29, 0.717) is 6.42 Å². The van der Waals surface area contributed by atoms with Crippen LogP contribution in [0.3, 0.4) is 0 Å². The molecule has 14 heavy (non-hydrogen) atoms. The lowest BCUT2D eigenvalue weighted by Gasteiger charge is -2.29. The third-order valence-electron chi connectivity index (χ3n) is 2.42. The summed E-state index contributed by atoms with van der Waals surface area (Å²) in [6, 6.07) is 0. The Labute approximate surface area is 82.9 Å². The number of hydrogen-bond acceptors (Lipinski definition) is 1. The summed E-state index contributed by atoms with van der Waals surface area (Å²) in [4.78, 5) is 0. The van der Waals surface area contributed by atoms with E-state index in [0.717, 1.165) is 6.92 Å². The van der Waals surface area contributed by atoms with Gasteiger partial charge in [-0.1, -0.05) is 27.4 Å². The largest absolute Gasteiger partial charge is 0.486 e. The van der Waals surface area contributed by atoms with E-state index in [9.17, 15) is 13.2 Å². The number of allylic oxidation sites excluding steroid dienone is 1. The van der Waals surface area contributed by atoms with Gasteiger partial charge < -0.3 is 4.74 Å². The van der Waals surface area contributed by atoms with Gasteiger partial charge in [0, 0.05) is 5.41 Å². The van der Waals surface area contributed by atoms with Crippen molar-refractivity contribution in [3.05, 3.63) is 12.3 Å². The van der Waals surface area contributed by atoms with Crippen LogP contribution < -0.4 is 0 Å². The molecule has 0 aromatic rings. The number of ether oxygens (including phenoxy) is 1. The molecule has 0 radical (unpaired) electrons. The maximum Gasteiger partial charge on any atom is 0.425 e. The predicted molar refractivity (Wildman–Crippen MR) is 49.8 cm³/mol. The van der Waals surface area contributed by atoms with E-state index in [2.05, 4.69) is 6.58 Å². The van der Waals surface area contributed by atoms with Gasteiger partial charge in [-0.15, -0.1) is 0 Å². The molecule has 0 aliphatic rings. The standard InChI is InChI=1S/C10H17F3O/c1-6-9(4,5)7(2)14-8(3)10(11,12)13/h8H,2,6H2,1,3-5H3. The Bertz CT molecular complexity index is 206. The van der Waals surface area contributed by atoms with Crippen LogP contribution in [0.5, 0.6) is 0 Å². The molecule has 0 aliphatic carbocycles. The zero-order valence-corrected chi connectivity index (χ0v) is 9.03. The molecule has 0 saturated carbocycles. The van der Waals surface area contributed by atoms with Crippen molar-refractivity contribution in [2.75, 3.05) is 0 Å². The monoisotopic (exact) mass is 210 g/mol. The molecule has 0 rings (SSSR count). The fraction of sp³-hybridized carbons (Fsp3) is 0.800. The van der Waals surface area contributed by atoms with Crippen molar-refractivity contribution in [3.8, 4) is 0 Å². The van der Waals surface area contributed by atoms with Crippen molar-refractivity contribution in [3.63, 3.8) is 0 Å². The van der Waals surface area contributed by atoms with Crippen LogP contribution in [0.1, 0.15) is 34.1 Å². The first-order chi connectivity index (χ1) is 6.11. The molecule has 0 heterocycles. The van der Waals surface area contributed by atoms with Crippen LogP contribution in [0.15, 0.2) is 12.3 Å². The van der Waals surface area contributed by atoms with E-state index < -0.39 is 17.7 Å². The van der Waals surface area contributed by atoms with E-state index in [1.165, 1.54) is 0 Å². The zero-order chi connectivity index (χ0) is 11.6. The lowest BCUT2D eigenvalue weighted by Crippen LogP contribution is -2.30. The first kappa shape index (κ1) is 13.3. The lowest BCUT2D eigenvalue weighted by atomic mass is 9.88. The highest BCUT2D eigenvalue weighted by molar-refractivity contribution is 4.98. The molecule has 0 spiro atoms. The van der Waals surface area contributed by atoms with Crippen LogP contribution in [0.2, 0.25) is 0 Å². The van der Waals surface area contributed by atoms with Crippen molar-refractivity contribution in [1.82, 2.24) is 0 Å². The minimum absolute atomic E-state index is 0.185. The molecule has 0 amide bonds. The maximum absolute atomic E-state index is 12.1. The number of hydrogen-bond donors (Lipinski definition) is 0. The normalized spacial score (nSPS) is 15.1. The summed E-state index contributed by atoms with van der Waals surface area (Å²) in [7, 11) is 0. The number of halogens is 3. The molecule has 0 aromatic heterocycles. The van der Waals surface area contributed by atoms with Gasteiger partial charge >= 0.3 is 6.18 Å². The molecule has 0 aromatic carbocycles. The summed E-state index contributed by atoms with van der Waals surface area (Å²) < 4.78 is 41.2. The molecular formula is C10H17F3O. The third kappa shape index (κ3) is 3.60. The lowest BCUT2D eigenvalue weighted by molar-refractivity contribution is -0.207. The topological polar surface area (TPSA) is 9.23 Å². The Kier molecular flexibility index (Phi) is 4.03. The van der Waals surface area contributed by atoms with Crippen molar-refractivity contribution in [2.45, 2.75) is 46.4 Å². The summed E-state index contributed by atoms with van der Waals surface area (Å²) in [5.41, 5.74) is -0.417. The minimum Gasteiger partial charge on any atom is -0.486 e. The SMILES string of the molecule is C=C(OC(C)C(F)(F)F)C(C)(C)CC. The van der Waals surface area contributed by atoms with Crippen LogP contribution in [-0.4, -0.2) is 12.3 Å². The third-order valence-corrected chi connectivity index (χ3v) is 2.42. The Morgan fingerprint density at radius 2 is 1.79 bits per heavy atom. The van der Waals surface area contributed by atoms with E-state index in [-0.39, 0.29) is 5.76 Å². The molecule has 4 heteroatoms. The van der Waals surface area contributed by atoms with Crippen LogP contribution in [0.4, 0.5) is 13.2 Å². The van der Waals surface area contributed by atoms with Gasteiger partial charge in [0.1, 0.15) is 0 Å². The average Bonchev–Trinajstić information content (AvgIpc) is 2.02. The van der Waals surface area contributed by atoms with Crippen LogP contribution in [0.25, 0.3) is 0 Å². The molecule has 0 fully saturated rings. The molecule has 0 N–H and O–H groups in total. The first-order valence-electron chi connectivity index (χ1n) is 4.54. The van der Waals surface area contributed by atoms with Gasteiger partial charge in [0.25, 0.3) is 0 Å². The predicted octanol–water partition coefficient (Wildman–Crippen LogP) is 3.90. The fourth-order valence-electron chi connectivity index (χ4n) is 0.637. The van der Waals surface area contributed by atoms with Gasteiger partial charge in [0.2, 0.25) is 0 Å². The quantitative estimate of drug-likeness (QED) is 0.639. The highest BCUT2D eigenvalue weighted by atomic mass is 19.4. The fourth-order valence-corrected chi connectivity index (χ4v) is 0.637.